The van der Waals surface area contributed by atoms with Gasteiger partial charge in [-0.3, -0.25) is 0 Å². The van der Waals surface area contributed by atoms with Crippen LogP contribution in [0.15, 0.2) is 12.4 Å². The van der Waals surface area contributed by atoms with Crippen molar-refractivity contribution in [2.45, 2.75) is 26.8 Å². The number of nitrogens with zero attached hydrogens (tertiary/aromatic N) is 4. The number of aromatic nitrogens is 4. The number of anilines is 1. The van der Waals surface area contributed by atoms with Crippen LogP contribution in [0.25, 0.3) is 5.78 Å². The molecule has 2 aromatic heterocycles. The maximum Gasteiger partial charge on any atom is 0.254 e. The van der Waals surface area contributed by atoms with Crippen LogP contribution in [0.1, 0.15) is 19.5 Å². The largest absolute Gasteiger partial charge is 0.367 e. The maximum atomic E-state index is 5.66. The third-order valence-corrected chi connectivity index (χ3v) is 2.98. The van der Waals surface area contributed by atoms with Gasteiger partial charge in [-0.15, -0.1) is 0 Å². The van der Waals surface area contributed by atoms with Crippen molar-refractivity contribution in [1.82, 2.24) is 19.6 Å². The van der Waals surface area contributed by atoms with Gasteiger partial charge in [0.25, 0.3) is 5.78 Å². The van der Waals surface area contributed by atoms with Crippen LogP contribution >= 0.6 is 0 Å². The first kappa shape index (κ1) is 11.8. The highest BCUT2D eigenvalue weighted by atomic mass is 15.4. The van der Waals surface area contributed by atoms with Crippen molar-refractivity contribution in [1.29, 1.82) is 0 Å². The zero-order valence-corrected chi connectivity index (χ0v) is 10.4. The number of fused-ring (bicyclic) bond motifs is 1. The summed E-state index contributed by atoms with van der Waals surface area (Å²) >= 11 is 0. The van der Waals surface area contributed by atoms with Gasteiger partial charge in [0.15, 0.2) is 0 Å². The second kappa shape index (κ2) is 4.67. The molecular formula is C11H18N6. The summed E-state index contributed by atoms with van der Waals surface area (Å²) in [4.78, 5) is 8.38. The summed E-state index contributed by atoms with van der Waals surface area (Å²) in [6, 6.07) is 2.23. The maximum absolute atomic E-state index is 5.66. The molecule has 6 heteroatoms. The summed E-state index contributed by atoms with van der Waals surface area (Å²) < 4.78 is 1.70. The molecule has 0 saturated carbocycles. The van der Waals surface area contributed by atoms with Gasteiger partial charge in [-0.2, -0.15) is 14.6 Å². The van der Waals surface area contributed by atoms with Gasteiger partial charge in [-0.05, 0) is 26.3 Å². The molecule has 2 unspecified atom stereocenters. The molecule has 0 fully saturated rings. The highest BCUT2D eigenvalue weighted by Crippen LogP contribution is 2.13. The van der Waals surface area contributed by atoms with Gasteiger partial charge in [0.05, 0.1) is 0 Å². The van der Waals surface area contributed by atoms with Gasteiger partial charge in [0, 0.05) is 17.8 Å². The molecule has 2 atom stereocenters. The van der Waals surface area contributed by atoms with Gasteiger partial charge in [-0.25, -0.2) is 4.98 Å². The molecule has 0 radical (unpaired) electrons. The predicted molar refractivity (Wildman–Crippen MR) is 66.8 cm³/mol. The Bertz CT molecular complexity index is 506. The molecule has 0 bridgehead atoms. The van der Waals surface area contributed by atoms with E-state index in [-0.39, 0.29) is 6.04 Å². The first-order valence-corrected chi connectivity index (χ1v) is 5.75. The van der Waals surface area contributed by atoms with Crippen LogP contribution in [-0.4, -0.2) is 32.2 Å². The second-order valence-electron chi connectivity index (χ2n) is 4.40. The van der Waals surface area contributed by atoms with Crippen molar-refractivity contribution in [3.05, 3.63) is 18.1 Å². The normalized spacial score (nSPS) is 14.8. The smallest absolute Gasteiger partial charge is 0.254 e. The van der Waals surface area contributed by atoms with E-state index >= 15 is 0 Å². The van der Waals surface area contributed by atoms with E-state index in [1.54, 1.807) is 4.52 Å². The van der Waals surface area contributed by atoms with E-state index in [1.165, 1.54) is 6.33 Å². The van der Waals surface area contributed by atoms with Gasteiger partial charge in [0.2, 0.25) is 0 Å². The van der Waals surface area contributed by atoms with E-state index in [9.17, 15) is 0 Å². The highest BCUT2D eigenvalue weighted by Gasteiger charge is 2.13. The van der Waals surface area contributed by atoms with Gasteiger partial charge in [-0.1, -0.05) is 6.92 Å². The molecule has 0 aliphatic rings. The summed E-state index contributed by atoms with van der Waals surface area (Å²) in [6.07, 6.45) is 1.50. The molecule has 17 heavy (non-hydrogen) atoms. The summed E-state index contributed by atoms with van der Waals surface area (Å²) in [5.74, 6) is 1.90. The molecule has 2 aromatic rings. The third kappa shape index (κ3) is 2.36. The average Bonchev–Trinajstić information content (AvgIpc) is 2.75. The predicted octanol–water partition coefficient (Wildman–Crippen LogP) is 0.828. The molecule has 0 aliphatic carbocycles. The molecule has 3 N–H and O–H groups in total. The van der Waals surface area contributed by atoms with Crippen molar-refractivity contribution in [3.63, 3.8) is 0 Å². The molecular weight excluding hydrogens is 216 g/mol. The van der Waals surface area contributed by atoms with Crippen LogP contribution in [0.2, 0.25) is 0 Å². The van der Waals surface area contributed by atoms with E-state index in [0.717, 1.165) is 11.5 Å². The lowest BCUT2D eigenvalue weighted by molar-refractivity contribution is 0.518. The van der Waals surface area contributed by atoms with Crippen LogP contribution in [0, 0.1) is 12.8 Å². The Hall–Kier alpha value is -1.69. The van der Waals surface area contributed by atoms with E-state index in [2.05, 4.69) is 34.2 Å². The SMILES string of the molecule is Cc1cc(NC(C)C(C)CN)n2ncnc2n1. The topological polar surface area (TPSA) is 81.1 Å². The van der Waals surface area contributed by atoms with Crippen molar-refractivity contribution in [3.8, 4) is 0 Å². The van der Waals surface area contributed by atoms with Crippen LogP contribution in [0.4, 0.5) is 5.82 Å². The van der Waals surface area contributed by atoms with Crippen LogP contribution in [0.5, 0.6) is 0 Å². The monoisotopic (exact) mass is 234 g/mol. The fourth-order valence-electron chi connectivity index (χ4n) is 1.61. The molecule has 2 rings (SSSR count). The zero-order chi connectivity index (χ0) is 12.4. The Balaban J connectivity index is 2.31. The van der Waals surface area contributed by atoms with Crippen molar-refractivity contribution in [2.75, 3.05) is 11.9 Å². The Morgan fingerprint density at radius 2 is 2.24 bits per heavy atom. The Morgan fingerprint density at radius 3 is 2.94 bits per heavy atom. The zero-order valence-electron chi connectivity index (χ0n) is 10.4. The lowest BCUT2D eigenvalue weighted by atomic mass is 10.0. The fraction of sp³-hybridized carbons (Fsp3) is 0.545. The third-order valence-electron chi connectivity index (χ3n) is 2.98. The first-order chi connectivity index (χ1) is 8.11. The first-order valence-electron chi connectivity index (χ1n) is 5.75. The van der Waals surface area contributed by atoms with Crippen LogP contribution in [-0.2, 0) is 0 Å². The van der Waals surface area contributed by atoms with E-state index in [1.807, 2.05) is 13.0 Å². The quantitative estimate of drug-likeness (QED) is 0.819. The minimum atomic E-state index is 0.272. The van der Waals surface area contributed by atoms with Crippen molar-refractivity contribution in [2.24, 2.45) is 11.7 Å². The molecule has 0 spiro atoms. The summed E-state index contributed by atoms with van der Waals surface area (Å²) in [6.45, 7) is 6.82. The van der Waals surface area contributed by atoms with Gasteiger partial charge in [0.1, 0.15) is 12.1 Å². The van der Waals surface area contributed by atoms with Gasteiger partial charge >= 0.3 is 0 Å². The highest BCUT2D eigenvalue weighted by molar-refractivity contribution is 5.45. The lowest BCUT2D eigenvalue weighted by Crippen LogP contribution is -2.30. The number of hydrogen-bond donors (Lipinski definition) is 2. The molecule has 92 valence electrons. The number of rotatable bonds is 4. The molecule has 6 nitrogen and oxygen atoms in total. The lowest BCUT2D eigenvalue weighted by Gasteiger charge is -2.21. The fourth-order valence-corrected chi connectivity index (χ4v) is 1.61. The summed E-state index contributed by atoms with van der Waals surface area (Å²) in [5.41, 5.74) is 6.58. The molecule has 0 saturated heterocycles. The van der Waals surface area contributed by atoms with Crippen LogP contribution in [0.3, 0.4) is 0 Å². The summed E-state index contributed by atoms with van der Waals surface area (Å²) in [7, 11) is 0. The number of nitrogens with two attached hydrogens (primary N) is 1. The number of nitrogens with one attached hydrogen (secondary N) is 1. The second-order valence-corrected chi connectivity index (χ2v) is 4.40. The molecule has 2 heterocycles. The summed E-state index contributed by atoms with van der Waals surface area (Å²) in [5, 5.41) is 7.55. The average molecular weight is 234 g/mol. The Kier molecular flexibility index (Phi) is 3.23. The molecule has 0 aromatic carbocycles. The minimum absolute atomic E-state index is 0.272. The number of aryl methyl sites for hydroxylation is 1. The van der Waals surface area contributed by atoms with Crippen molar-refractivity contribution >= 4 is 11.6 Å². The van der Waals surface area contributed by atoms with Gasteiger partial charge < -0.3 is 11.1 Å². The minimum Gasteiger partial charge on any atom is -0.367 e. The molecule has 0 aliphatic heterocycles. The Labute approximate surface area is 100 Å². The van der Waals surface area contributed by atoms with E-state index in [0.29, 0.717) is 18.2 Å². The van der Waals surface area contributed by atoms with E-state index < -0.39 is 0 Å². The van der Waals surface area contributed by atoms with E-state index in [4.69, 9.17) is 5.73 Å². The standard InChI is InChI=1S/C11H18N6/c1-7(5-12)9(3)16-10-4-8(2)15-11-13-6-14-17(10)11/h4,6-7,9,16H,5,12H2,1-3H3. The molecule has 0 amide bonds. The Morgan fingerprint density at radius 1 is 1.47 bits per heavy atom. The van der Waals surface area contributed by atoms with Crippen LogP contribution < -0.4 is 11.1 Å². The van der Waals surface area contributed by atoms with Crippen molar-refractivity contribution < 1.29 is 0 Å². The number of hydrogen-bond acceptors (Lipinski definition) is 5.